The van der Waals surface area contributed by atoms with Crippen LogP contribution in [0.4, 0.5) is 0 Å². The zero-order valence-corrected chi connectivity index (χ0v) is 12.3. The van der Waals surface area contributed by atoms with Gasteiger partial charge in [0.1, 0.15) is 0 Å². The largest absolute Gasteiger partial charge is 0.374 e. The van der Waals surface area contributed by atoms with E-state index in [1.54, 1.807) is 34.6 Å². The van der Waals surface area contributed by atoms with Gasteiger partial charge in [-0.25, -0.2) is 0 Å². The average Bonchev–Trinajstić information content (AvgIpc) is 2.40. The van der Waals surface area contributed by atoms with E-state index < -0.39 is 22.3 Å². The van der Waals surface area contributed by atoms with Gasteiger partial charge in [-0.2, -0.15) is 0 Å². The smallest absolute Gasteiger partial charge is 0.188 e. The molecule has 0 radical (unpaired) electrons. The molecule has 18 heavy (non-hydrogen) atoms. The number of carbonyl (C=O) groups is 2. The molecule has 1 saturated carbocycles. The molecule has 1 atom stereocenters. The standard InChI is InChI=1S/C15H24O3/c1-8-9(2)10(3)15(18)11(16)13(4,5)14(6,7)12(15)17/h10,18H,2,8H2,1,3-7H3. The summed E-state index contributed by atoms with van der Waals surface area (Å²) in [6.07, 6.45) is 0.644. The lowest BCUT2D eigenvalue weighted by atomic mass is 9.70. The summed E-state index contributed by atoms with van der Waals surface area (Å²) in [4.78, 5) is 25.0. The van der Waals surface area contributed by atoms with Crippen LogP contribution in [-0.2, 0) is 9.59 Å². The molecule has 0 aromatic rings. The van der Waals surface area contributed by atoms with Crippen molar-refractivity contribution in [3.8, 4) is 0 Å². The van der Waals surface area contributed by atoms with Crippen molar-refractivity contribution in [2.75, 3.05) is 0 Å². The second-order valence-corrected chi connectivity index (χ2v) is 6.41. The minimum absolute atomic E-state index is 0.382. The molecule has 3 heteroatoms. The molecule has 1 unspecified atom stereocenters. The Morgan fingerprint density at radius 1 is 1.17 bits per heavy atom. The van der Waals surface area contributed by atoms with Crippen LogP contribution in [0.5, 0.6) is 0 Å². The van der Waals surface area contributed by atoms with Gasteiger partial charge in [-0.05, 0) is 6.42 Å². The first-order chi connectivity index (χ1) is 7.95. The molecule has 102 valence electrons. The van der Waals surface area contributed by atoms with E-state index in [-0.39, 0.29) is 11.6 Å². The summed E-state index contributed by atoms with van der Waals surface area (Å²) in [7, 11) is 0. The first kappa shape index (κ1) is 15.1. The predicted molar refractivity (Wildman–Crippen MR) is 71.1 cm³/mol. The summed E-state index contributed by atoms with van der Waals surface area (Å²) in [6.45, 7) is 14.4. The fourth-order valence-corrected chi connectivity index (χ4v) is 2.62. The maximum Gasteiger partial charge on any atom is 0.188 e. The van der Waals surface area contributed by atoms with Crippen molar-refractivity contribution in [3.63, 3.8) is 0 Å². The van der Waals surface area contributed by atoms with Gasteiger partial charge in [-0.3, -0.25) is 9.59 Å². The van der Waals surface area contributed by atoms with Crippen molar-refractivity contribution in [2.45, 2.75) is 53.6 Å². The monoisotopic (exact) mass is 252 g/mol. The first-order valence-electron chi connectivity index (χ1n) is 6.45. The Morgan fingerprint density at radius 3 is 1.78 bits per heavy atom. The lowest BCUT2D eigenvalue weighted by molar-refractivity contribution is -0.151. The minimum atomic E-state index is -1.92. The molecule has 1 rings (SSSR count). The number of hydrogen-bond donors (Lipinski definition) is 1. The van der Waals surface area contributed by atoms with Crippen molar-refractivity contribution < 1.29 is 14.7 Å². The van der Waals surface area contributed by atoms with Crippen LogP contribution in [0.3, 0.4) is 0 Å². The molecule has 3 nitrogen and oxygen atoms in total. The van der Waals surface area contributed by atoms with E-state index in [1.807, 2.05) is 6.92 Å². The van der Waals surface area contributed by atoms with Gasteiger partial charge in [0.25, 0.3) is 0 Å². The van der Waals surface area contributed by atoms with Gasteiger partial charge < -0.3 is 5.11 Å². The average molecular weight is 252 g/mol. The molecule has 0 aliphatic heterocycles. The molecule has 0 spiro atoms. The Morgan fingerprint density at radius 2 is 1.50 bits per heavy atom. The molecule has 1 aliphatic rings. The lowest BCUT2D eigenvalue weighted by Crippen LogP contribution is -2.49. The summed E-state index contributed by atoms with van der Waals surface area (Å²) in [5.74, 6) is -1.30. The minimum Gasteiger partial charge on any atom is -0.374 e. The Balaban J connectivity index is 3.39. The zero-order chi connectivity index (χ0) is 14.5. The molecule has 1 N–H and O–H groups in total. The number of hydrogen-bond acceptors (Lipinski definition) is 3. The highest BCUT2D eigenvalue weighted by Gasteiger charge is 2.69. The highest BCUT2D eigenvalue weighted by atomic mass is 16.3. The quantitative estimate of drug-likeness (QED) is 0.620. The van der Waals surface area contributed by atoms with E-state index in [0.717, 1.165) is 5.57 Å². The molecular weight excluding hydrogens is 228 g/mol. The van der Waals surface area contributed by atoms with E-state index >= 15 is 0 Å². The maximum atomic E-state index is 12.5. The summed E-state index contributed by atoms with van der Waals surface area (Å²) in [6, 6.07) is 0. The topological polar surface area (TPSA) is 54.4 Å². The van der Waals surface area contributed by atoms with Gasteiger partial charge in [-0.1, -0.05) is 53.7 Å². The van der Waals surface area contributed by atoms with Crippen LogP contribution in [0, 0.1) is 16.7 Å². The Kier molecular flexibility index (Phi) is 3.37. The van der Waals surface area contributed by atoms with E-state index in [9.17, 15) is 14.7 Å². The highest BCUT2D eigenvalue weighted by Crippen LogP contribution is 2.54. The van der Waals surface area contributed by atoms with Crippen molar-refractivity contribution >= 4 is 11.6 Å². The van der Waals surface area contributed by atoms with Crippen LogP contribution in [0.25, 0.3) is 0 Å². The third-order valence-corrected chi connectivity index (χ3v) is 5.08. The van der Waals surface area contributed by atoms with Crippen molar-refractivity contribution in [1.29, 1.82) is 0 Å². The number of Topliss-reactive ketones (excluding diaryl/α,β-unsaturated/α-hetero) is 2. The van der Waals surface area contributed by atoms with Crippen LogP contribution in [0.15, 0.2) is 12.2 Å². The Bertz CT molecular complexity index is 389. The molecule has 0 saturated heterocycles. The third kappa shape index (κ3) is 1.53. The SMILES string of the molecule is C=C(CC)C(C)C1(O)C(=O)C(C)(C)C(C)(C)C1=O. The second kappa shape index (κ2) is 4.02. The molecule has 0 heterocycles. The Labute approximate surface area is 109 Å². The van der Waals surface area contributed by atoms with Gasteiger partial charge in [0, 0.05) is 16.7 Å². The predicted octanol–water partition coefficient (Wildman–Crippen LogP) is 2.52. The number of ketones is 2. The number of rotatable bonds is 3. The van der Waals surface area contributed by atoms with E-state index in [4.69, 9.17) is 0 Å². The van der Waals surface area contributed by atoms with Crippen molar-refractivity contribution in [1.82, 2.24) is 0 Å². The maximum absolute atomic E-state index is 12.5. The van der Waals surface area contributed by atoms with Gasteiger partial charge in [-0.15, -0.1) is 0 Å². The van der Waals surface area contributed by atoms with Crippen LogP contribution in [0.2, 0.25) is 0 Å². The van der Waals surface area contributed by atoms with Gasteiger partial charge >= 0.3 is 0 Å². The van der Waals surface area contributed by atoms with Crippen LogP contribution in [-0.4, -0.2) is 22.3 Å². The molecular formula is C15H24O3. The third-order valence-electron chi connectivity index (χ3n) is 5.08. The fourth-order valence-electron chi connectivity index (χ4n) is 2.62. The molecule has 0 aromatic heterocycles. The first-order valence-corrected chi connectivity index (χ1v) is 6.45. The van der Waals surface area contributed by atoms with Crippen molar-refractivity contribution in [2.24, 2.45) is 16.7 Å². The fraction of sp³-hybridized carbons (Fsp3) is 0.733. The zero-order valence-electron chi connectivity index (χ0n) is 12.3. The van der Waals surface area contributed by atoms with Gasteiger partial charge in [0.05, 0.1) is 0 Å². The van der Waals surface area contributed by atoms with E-state index in [0.29, 0.717) is 6.42 Å². The summed E-state index contributed by atoms with van der Waals surface area (Å²) >= 11 is 0. The number of carbonyl (C=O) groups excluding carboxylic acids is 2. The summed E-state index contributed by atoms with van der Waals surface area (Å²) in [5, 5.41) is 10.7. The number of aliphatic hydroxyl groups is 1. The van der Waals surface area contributed by atoms with Crippen LogP contribution < -0.4 is 0 Å². The molecule has 0 bridgehead atoms. The van der Waals surface area contributed by atoms with Gasteiger partial charge in [0.2, 0.25) is 0 Å². The molecule has 0 amide bonds. The van der Waals surface area contributed by atoms with Crippen LogP contribution >= 0.6 is 0 Å². The lowest BCUT2D eigenvalue weighted by Gasteiger charge is -2.30. The summed E-state index contributed by atoms with van der Waals surface area (Å²) < 4.78 is 0. The molecule has 0 aromatic carbocycles. The highest BCUT2D eigenvalue weighted by molar-refractivity contribution is 6.21. The molecule has 1 aliphatic carbocycles. The van der Waals surface area contributed by atoms with E-state index in [1.165, 1.54) is 0 Å². The van der Waals surface area contributed by atoms with E-state index in [2.05, 4.69) is 6.58 Å². The summed E-state index contributed by atoms with van der Waals surface area (Å²) in [5.41, 5.74) is -2.91. The van der Waals surface area contributed by atoms with Crippen molar-refractivity contribution in [3.05, 3.63) is 12.2 Å². The Hall–Kier alpha value is -0.960. The normalized spacial score (nSPS) is 26.2. The molecule has 1 fully saturated rings. The van der Waals surface area contributed by atoms with Crippen LogP contribution in [0.1, 0.15) is 48.0 Å². The van der Waals surface area contributed by atoms with Gasteiger partial charge in [0.15, 0.2) is 17.2 Å². The second-order valence-electron chi connectivity index (χ2n) is 6.41.